The Morgan fingerprint density at radius 1 is 0.447 bits per heavy atom. The van der Waals surface area contributed by atoms with Gasteiger partial charge in [-0.05, 0) is 38.8 Å². The SMILES string of the molecule is CCCCCCCCCCCCCCCCCCCCCCCCC(CCC)N1CCCC1.F[B-](F)(F)F. The van der Waals surface area contributed by atoms with E-state index >= 15 is 0 Å². The van der Waals surface area contributed by atoms with Crippen LogP contribution >= 0.6 is 0 Å². The van der Waals surface area contributed by atoms with Crippen molar-refractivity contribution in [1.29, 1.82) is 0 Å². The Kier molecular flexibility index (Phi) is 28.1. The number of unbranched alkanes of at least 4 members (excludes halogenated alkanes) is 21. The molecule has 0 aromatic carbocycles. The van der Waals surface area contributed by atoms with E-state index in [1.165, 1.54) is 186 Å². The van der Waals surface area contributed by atoms with Crippen molar-refractivity contribution in [3.8, 4) is 0 Å². The summed E-state index contributed by atoms with van der Waals surface area (Å²) < 4.78 is 39.0. The van der Waals surface area contributed by atoms with E-state index in [1.54, 1.807) is 0 Å². The largest absolute Gasteiger partial charge is 0.673 e. The Morgan fingerprint density at radius 2 is 0.737 bits per heavy atom. The molecule has 0 spiro atoms. The zero-order valence-electron chi connectivity index (χ0n) is 25.6. The van der Waals surface area contributed by atoms with Crippen LogP contribution in [-0.4, -0.2) is 31.3 Å². The quantitative estimate of drug-likeness (QED) is 0.0588. The first-order valence-electron chi connectivity index (χ1n) is 17.0. The van der Waals surface area contributed by atoms with Gasteiger partial charge >= 0.3 is 7.25 Å². The van der Waals surface area contributed by atoms with Gasteiger partial charge in [0.15, 0.2) is 0 Å². The van der Waals surface area contributed by atoms with Crippen molar-refractivity contribution in [2.24, 2.45) is 0 Å². The Hall–Kier alpha value is -0.255. The van der Waals surface area contributed by atoms with Gasteiger partial charge in [-0.3, -0.25) is 0 Å². The fourth-order valence-corrected chi connectivity index (χ4v) is 5.94. The van der Waals surface area contributed by atoms with Crippen LogP contribution in [0.1, 0.15) is 187 Å². The number of hydrogen-bond acceptors (Lipinski definition) is 1. The Labute approximate surface area is 235 Å². The molecule has 1 saturated heterocycles. The van der Waals surface area contributed by atoms with E-state index in [0.29, 0.717) is 0 Å². The van der Waals surface area contributed by atoms with E-state index in [-0.39, 0.29) is 0 Å². The Morgan fingerprint density at radius 3 is 1.03 bits per heavy atom. The maximum atomic E-state index is 9.75. The summed E-state index contributed by atoms with van der Waals surface area (Å²) in [5, 5.41) is 0. The van der Waals surface area contributed by atoms with Crippen molar-refractivity contribution in [3.05, 3.63) is 0 Å². The summed E-state index contributed by atoms with van der Waals surface area (Å²) in [5.41, 5.74) is 0. The van der Waals surface area contributed by atoms with Crippen LogP contribution in [-0.2, 0) is 0 Å². The van der Waals surface area contributed by atoms with Crippen molar-refractivity contribution >= 4 is 7.25 Å². The summed E-state index contributed by atoms with van der Waals surface area (Å²) in [6, 6.07) is 0.905. The van der Waals surface area contributed by atoms with Crippen LogP contribution in [0, 0.1) is 0 Å². The summed E-state index contributed by atoms with van der Waals surface area (Å²) in [7, 11) is -6.00. The standard InChI is InChI=1S/C32H65N.BF4/c1-3-5-6-7-8-9-10-11-12-13-14-15-16-17-18-19-20-21-22-23-24-25-29-32(28-4-2)33-30-26-27-31-33;2-1(3,4)5/h32H,3-31H2,1-2H3;/q;-1. The van der Waals surface area contributed by atoms with E-state index in [2.05, 4.69) is 18.7 Å². The summed E-state index contributed by atoms with van der Waals surface area (Å²) in [4.78, 5) is 2.79. The van der Waals surface area contributed by atoms with Gasteiger partial charge in [-0.25, -0.2) is 0 Å². The molecule has 0 bridgehead atoms. The van der Waals surface area contributed by atoms with Crippen LogP contribution in [0.25, 0.3) is 0 Å². The number of halogens is 4. The average Bonchev–Trinajstić information content (AvgIpc) is 3.40. The zero-order valence-corrected chi connectivity index (χ0v) is 25.6. The molecule has 0 amide bonds. The zero-order chi connectivity index (χ0) is 28.2. The highest BCUT2D eigenvalue weighted by Crippen LogP contribution is 2.21. The van der Waals surface area contributed by atoms with Crippen molar-refractivity contribution in [3.63, 3.8) is 0 Å². The first-order chi connectivity index (χ1) is 18.4. The average molecular weight is 551 g/mol. The van der Waals surface area contributed by atoms with E-state index in [4.69, 9.17) is 0 Å². The molecule has 1 fully saturated rings. The second-order valence-electron chi connectivity index (χ2n) is 11.9. The number of hydrogen-bond donors (Lipinski definition) is 0. The van der Waals surface area contributed by atoms with Gasteiger partial charge in [0.05, 0.1) is 0 Å². The monoisotopic (exact) mass is 551 g/mol. The summed E-state index contributed by atoms with van der Waals surface area (Å²) in [6.07, 6.45) is 39.7. The molecule has 6 heteroatoms. The highest BCUT2D eigenvalue weighted by atomic mass is 19.5. The third-order valence-electron chi connectivity index (χ3n) is 8.17. The predicted molar refractivity (Wildman–Crippen MR) is 162 cm³/mol. The molecule has 0 saturated carbocycles. The van der Waals surface area contributed by atoms with Gasteiger partial charge in [-0.2, -0.15) is 0 Å². The van der Waals surface area contributed by atoms with Crippen LogP contribution in [0.15, 0.2) is 0 Å². The molecule has 0 radical (unpaired) electrons. The molecular weight excluding hydrogens is 485 g/mol. The minimum absolute atomic E-state index is 0.905. The first-order valence-corrected chi connectivity index (χ1v) is 17.0. The predicted octanol–water partition coefficient (Wildman–Crippen LogP) is 12.5. The molecule has 1 aliphatic heterocycles. The van der Waals surface area contributed by atoms with Gasteiger partial charge in [0.2, 0.25) is 0 Å². The smallest absolute Gasteiger partial charge is 0.418 e. The highest BCUT2D eigenvalue weighted by molar-refractivity contribution is 6.50. The third kappa shape index (κ3) is 30.3. The summed E-state index contributed by atoms with van der Waals surface area (Å²) in [6.45, 7) is 7.43. The molecule has 1 heterocycles. The van der Waals surface area contributed by atoms with Gasteiger partial charge in [-0.15, -0.1) is 0 Å². The van der Waals surface area contributed by atoms with Crippen molar-refractivity contribution in [2.45, 2.75) is 193 Å². The lowest BCUT2D eigenvalue weighted by atomic mass is 10.0. The fourth-order valence-electron chi connectivity index (χ4n) is 5.94. The van der Waals surface area contributed by atoms with E-state index < -0.39 is 7.25 Å². The lowest BCUT2D eigenvalue weighted by Gasteiger charge is -2.27. The molecule has 1 rings (SSSR count). The molecule has 0 aliphatic carbocycles. The molecule has 1 atom stereocenters. The molecule has 1 nitrogen and oxygen atoms in total. The Balaban J connectivity index is 0.00000249. The lowest BCUT2D eigenvalue weighted by Crippen LogP contribution is -2.32. The van der Waals surface area contributed by atoms with Crippen molar-refractivity contribution < 1.29 is 17.3 Å². The molecule has 0 aromatic rings. The molecule has 38 heavy (non-hydrogen) atoms. The van der Waals surface area contributed by atoms with Gasteiger partial charge in [0.25, 0.3) is 0 Å². The molecule has 0 aromatic heterocycles. The van der Waals surface area contributed by atoms with Crippen LogP contribution in [0.3, 0.4) is 0 Å². The minimum atomic E-state index is -6.00. The normalized spacial score (nSPS) is 15.0. The third-order valence-corrected chi connectivity index (χ3v) is 8.17. The number of rotatable bonds is 26. The maximum absolute atomic E-state index is 9.75. The number of nitrogens with zero attached hydrogens (tertiary/aromatic N) is 1. The Bertz CT molecular complexity index is 449. The van der Waals surface area contributed by atoms with Gasteiger partial charge in [-0.1, -0.05) is 162 Å². The van der Waals surface area contributed by atoms with E-state index in [1.807, 2.05) is 0 Å². The van der Waals surface area contributed by atoms with Crippen molar-refractivity contribution in [1.82, 2.24) is 4.90 Å². The molecule has 1 aliphatic rings. The summed E-state index contributed by atoms with van der Waals surface area (Å²) >= 11 is 0. The molecular formula is C32H65BF4N-. The maximum Gasteiger partial charge on any atom is 0.673 e. The molecule has 230 valence electrons. The molecule has 0 N–H and O–H groups in total. The van der Waals surface area contributed by atoms with Gasteiger partial charge in [0.1, 0.15) is 0 Å². The van der Waals surface area contributed by atoms with Crippen LogP contribution < -0.4 is 0 Å². The summed E-state index contributed by atoms with van der Waals surface area (Å²) in [5.74, 6) is 0. The van der Waals surface area contributed by atoms with Crippen LogP contribution in [0.2, 0.25) is 0 Å². The van der Waals surface area contributed by atoms with E-state index in [0.717, 1.165) is 6.04 Å². The lowest BCUT2D eigenvalue weighted by molar-refractivity contribution is 0.213. The highest BCUT2D eigenvalue weighted by Gasteiger charge is 2.21. The van der Waals surface area contributed by atoms with Crippen LogP contribution in [0.5, 0.6) is 0 Å². The van der Waals surface area contributed by atoms with Crippen molar-refractivity contribution in [2.75, 3.05) is 13.1 Å². The van der Waals surface area contributed by atoms with Gasteiger partial charge < -0.3 is 22.2 Å². The fraction of sp³-hybridized carbons (Fsp3) is 1.00. The number of likely N-dealkylation sites (tertiary alicyclic amines) is 1. The minimum Gasteiger partial charge on any atom is -0.418 e. The van der Waals surface area contributed by atoms with E-state index in [9.17, 15) is 17.3 Å². The second-order valence-corrected chi connectivity index (χ2v) is 11.9. The molecule has 1 unspecified atom stereocenters. The van der Waals surface area contributed by atoms with Crippen LogP contribution in [0.4, 0.5) is 17.3 Å². The second kappa shape index (κ2) is 28.3. The first kappa shape index (κ1) is 37.7. The van der Waals surface area contributed by atoms with Gasteiger partial charge in [0, 0.05) is 6.04 Å². The topological polar surface area (TPSA) is 3.24 Å².